The summed E-state index contributed by atoms with van der Waals surface area (Å²) >= 11 is 0. The second-order valence-corrected chi connectivity index (χ2v) is 11.0. The van der Waals surface area contributed by atoms with Gasteiger partial charge in [0.25, 0.3) is 0 Å². The SMILES string of the molecule is CCCCCCOc1c(/C=C(\C#N)c2ccccc2)ccc2c(OCCCCCC)c(/C=C(\C#N)c3ccccc3)ccc12. The van der Waals surface area contributed by atoms with Crippen LogP contribution in [0.5, 0.6) is 11.5 Å². The molecule has 4 aromatic carbocycles. The highest BCUT2D eigenvalue weighted by atomic mass is 16.5. The van der Waals surface area contributed by atoms with Gasteiger partial charge in [0.2, 0.25) is 0 Å². The van der Waals surface area contributed by atoms with E-state index in [-0.39, 0.29) is 0 Å². The van der Waals surface area contributed by atoms with Crippen molar-refractivity contribution in [1.29, 1.82) is 10.5 Å². The first-order chi connectivity index (χ1) is 21.7. The van der Waals surface area contributed by atoms with Gasteiger partial charge in [-0.05, 0) is 48.3 Å². The van der Waals surface area contributed by atoms with Crippen LogP contribution in [0.4, 0.5) is 0 Å². The predicted molar refractivity (Wildman–Crippen MR) is 183 cm³/mol. The molecule has 0 aliphatic heterocycles. The predicted octanol–water partition coefficient (Wildman–Crippen LogP) is 10.9. The van der Waals surface area contributed by atoms with Crippen LogP contribution in [0.25, 0.3) is 34.1 Å². The van der Waals surface area contributed by atoms with Gasteiger partial charge in [0, 0.05) is 21.9 Å². The Balaban J connectivity index is 1.85. The fraction of sp³-hybridized carbons (Fsp3) is 0.300. The summed E-state index contributed by atoms with van der Waals surface area (Å²) in [5, 5.41) is 22.0. The number of hydrogen-bond acceptors (Lipinski definition) is 4. The maximum absolute atomic E-state index is 10.0. The molecule has 0 aromatic heterocycles. The lowest BCUT2D eigenvalue weighted by Gasteiger charge is -2.18. The van der Waals surface area contributed by atoms with Gasteiger partial charge in [0.1, 0.15) is 11.5 Å². The Morgan fingerprint density at radius 1 is 0.545 bits per heavy atom. The van der Waals surface area contributed by atoms with E-state index < -0.39 is 0 Å². The highest BCUT2D eigenvalue weighted by Gasteiger charge is 2.16. The van der Waals surface area contributed by atoms with E-state index in [1.54, 1.807) is 0 Å². The molecule has 4 nitrogen and oxygen atoms in total. The Morgan fingerprint density at radius 3 is 1.32 bits per heavy atom. The number of ether oxygens (including phenoxy) is 2. The summed E-state index contributed by atoms with van der Waals surface area (Å²) in [5.74, 6) is 1.50. The zero-order chi connectivity index (χ0) is 31.0. The number of fused-ring (bicyclic) bond motifs is 1. The fourth-order valence-electron chi connectivity index (χ4n) is 5.25. The lowest BCUT2D eigenvalue weighted by molar-refractivity contribution is 0.305. The summed E-state index contributed by atoms with van der Waals surface area (Å²) in [6.45, 7) is 5.59. The number of allylic oxidation sites excluding steroid dienone is 2. The minimum absolute atomic E-state index is 0.578. The summed E-state index contributed by atoms with van der Waals surface area (Å²) in [5.41, 5.74) is 4.60. The molecule has 0 saturated carbocycles. The second-order valence-electron chi connectivity index (χ2n) is 11.0. The quantitative estimate of drug-likeness (QED) is 0.0749. The number of nitrogens with zero attached hydrogens (tertiary/aromatic N) is 2. The van der Waals surface area contributed by atoms with E-state index >= 15 is 0 Å². The minimum Gasteiger partial charge on any atom is -0.492 e. The van der Waals surface area contributed by atoms with Crippen molar-refractivity contribution < 1.29 is 9.47 Å². The Kier molecular flexibility index (Phi) is 12.7. The highest BCUT2D eigenvalue weighted by molar-refractivity contribution is 6.02. The molecule has 0 heterocycles. The van der Waals surface area contributed by atoms with Crippen LogP contribution in [0.1, 0.15) is 87.5 Å². The lowest BCUT2D eigenvalue weighted by atomic mass is 9.97. The van der Waals surface area contributed by atoms with E-state index in [2.05, 4.69) is 38.1 Å². The van der Waals surface area contributed by atoms with Crippen molar-refractivity contribution in [2.75, 3.05) is 13.2 Å². The molecule has 0 radical (unpaired) electrons. The number of unbranched alkanes of at least 4 members (excludes halogenated alkanes) is 6. The number of nitriles is 2. The van der Waals surface area contributed by atoms with Crippen LogP contribution in [0.3, 0.4) is 0 Å². The van der Waals surface area contributed by atoms with Crippen LogP contribution in [-0.2, 0) is 0 Å². The fourth-order valence-corrected chi connectivity index (χ4v) is 5.25. The maximum atomic E-state index is 10.0. The molecule has 0 N–H and O–H groups in total. The third kappa shape index (κ3) is 8.62. The number of rotatable bonds is 16. The molecule has 0 aliphatic rings. The van der Waals surface area contributed by atoms with Gasteiger partial charge < -0.3 is 9.47 Å². The third-order valence-electron chi connectivity index (χ3n) is 7.66. The van der Waals surface area contributed by atoms with E-state index in [1.165, 1.54) is 12.8 Å². The Bertz CT molecular complexity index is 1520. The first-order valence-electron chi connectivity index (χ1n) is 15.9. The van der Waals surface area contributed by atoms with Gasteiger partial charge in [-0.3, -0.25) is 0 Å². The molecule has 0 amide bonds. The first-order valence-corrected chi connectivity index (χ1v) is 15.9. The summed E-state index contributed by atoms with van der Waals surface area (Å²) in [7, 11) is 0. The lowest BCUT2D eigenvalue weighted by Crippen LogP contribution is -2.03. The molecular weight excluding hydrogens is 540 g/mol. The van der Waals surface area contributed by atoms with Crippen molar-refractivity contribution in [3.8, 4) is 23.6 Å². The van der Waals surface area contributed by atoms with E-state index in [0.29, 0.717) is 24.4 Å². The van der Waals surface area contributed by atoms with Gasteiger partial charge in [-0.25, -0.2) is 0 Å². The molecular formula is C40H42N2O2. The molecule has 224 valence electrons. The summed E-state index contributed by atoms with van der Waals surface area (Å²) in [4.78, 5) is 0. The van der Waals surface area contributed by atoms with Gasteiger partial charge >= 0.3 is 0 Å². The van der Waals surface area contributed by atoms with Crippen LogP contribution >= 0.6 is 0 Å². The normalized spacial score (nSPS) is 11.6. The Labute approximate surface area is 262 Å². The molecule has 0 bridgehead atoms. The van der Waals surface area contributed by atoms with Gasteiger partial charge in [-0.15, -0.1) is 0 Å². The largest absolute Gasteiger partial charge is 0.492 e. The van der Waals surface area contributed by atoms with Crippen LogP contribution in [0.2, 0.25) is 0 Å². The first kappa shape index (κ1) is 32.1. The van der Waals surface area contributed by atoms with Crippen molar-refractivity contribution in [2.24, 2.45) is 0 Å². The van der Waals surface area contributed by atoms with E-state index in [9.17, 15) is 10.5 Å². The van der Waals surface area contributed by atoms with Crippen LogP contribution in [0, 0.1) is 22.7 Å². The molecule has 0 atom stereocenters. The second kappa shape index (κ2) is 17.3. The third-order valence-corrected chi connectivity index (χ3v) is 7.66. The monoisotopic (exact) mass is 582 g/mol. The molecule has 44 heavy (non-hydrogen) atoms. The van der Waals surface area contributed by atoms with Gasteiger partial charge in [-0.1, -0.05) is 125 Å². The minimum atomic E-state index is 0.578. The average Bonchev–Trinajstić information content (AvgIpc) is 3.07. The van der Waals surface area contributed by atoms with Gasteiger partial charge in [0.05, 0.1) is 36.5 Å². The average molecular weight is 583 g/mol. The zero-order valence-corrected chi connectivity index (χ0v) is 26.0. The van der Waals surface area contributed by atoms with Crippen LogP contribution in [-0.4, -0.2) is 13.2 Å². The number of benzene rings is 4. The van der Waals surface area contributed by atoms with Crippen molar-refractivity contribution >= 4 is 34.1 Å². The van der Waals surface area contributed by atoms with E-state index in [0.717, 1.165) is 83.1 Å². The molecule has 0 aliphatic carbocycles. The van der Waals surface area contributed by atoms with E-state index in [1.807, 2.05) is 84.9 Å². The zero-order valence-electron chi connectivity index (χ0n) is 26.0. The summed E-state index contributed by atoms with van der Waals surface area (Å²) in [6.07, 6.45) is 12.6. The van der Waals surface area contributed by atoms with Gasteiger partial charge in [-0.2, -0.15) is 10.5 Å². The molecule has 0 spiro atoms. The van der Waals surface area contributed by atoms with Crippen molar-refractivity contribution in [3.05, 3.63) is 107 Å². The Morgan fingerprint density at radius 2 is 0.955 bits per heavy atom. The van der Waals surface area contributed by atoms with Crippen LogP contribution < -0.4 is 9.47 Å². The maximum Gasteiger partial charge on any atom is 0.134 e. The molecule has 0 saturated heterocycles. The molecule has 4 rings (SSSR count). The van der Waals surface area contributed by atoms with Gasteiger partial charge in [0.15, 0.2) is 0 Å². The summed E-state index contributed by atoms with van der Waals surface area (Å²) in [6, 6.07) is 32.4. The smallest absolute Gasteiger partial charge is 0.134 e. The standard InChI is InChI=1S/C40H42N2O2/c1-3-5-7-15-25-43-39-33(27-35(29-41)31-17-11-9-12-18-31)21-24-38-37(39)23-22-34(40(38)44-26-16-8-6-4-2)28-36(30-42)32-19-13-10-14-20-32/h9-14,17-24,27-28H,3-8,15-16,25-26H2,1-2H3/b35-27+,36-28+. The number of hydrogen-bond donors (Lipinski definition) is 0. The molecule has 4 heteroatoms. The molecule has 0 fully saturated rings. The van der Waals surface area contributed by atoms with Crippen molar-refractivity contribution in [2.45, 2.75) is 65.2 Å². The topological polar surface area (TPSA) is 66.0 Å². The highest BCUT2D eigenvalue weighted by Crippen LogP contribution is 2.40. The molecule has 4 aromatic rings. The van der Waals surface area contributed by atoms with Crippen molar-refractivity contribution in [1.82, 2.24) is 0 Å². The van der Waals surface area contributed by atoms with Crippen molar-refractivity contribution in [3.63, 3.8) is 0 Å². The van der Waals surface area contributed by atoms with Crippen LogP contribution in [0.15, 0.2) is 84.9 Å². The summed E-state index contributed by atoms with van der Waals surface area (Å²) < 4.78 is 13.1. The Hall–Kier alpha value is -4.80. The molecule has 0 unspecified atom stereocenters. The van der Waals surface area contributed by atoms with E-state index in [4.69, 9.17) is 9.47 Å².